The maximum Gasteiger partial charge on any atom is 0.193 e. The highest BCUT2D eigenvalue weighted by Crippen LogP contribution is 2.25. The Balaban J connectivity index is 2.22. The Bertz CT molecular complexity index is 807. The first kappa shape index (κ1) is 15.5. The maximum atomic E-state index is 12.8. The van der Waals surface area contributed by atoms with Crippen molar-refractivity contribution in [3.63, 3.8) is 0 Å². The lowest BCUT2D eigenvalue weighted by Crippen LogP contribution is -2.12. The Morgan fingerprint density at radius 2 is 1.83 bits per heavy atom. The van der Waals surface area contributed by atoms with Gasteiger partial charge in [0.25, 0.3) is 0 Å². The number of hydrogen-bond donors (Lipinski definition) is 0. The predicted octanol–water partition coefficient (Wildman–Crippen LogP) is 3.82. The normalized spacial score (nSPS) is 15.9. The SMILES string of the molecule is CN(C)/C=C1\CN=C(c2ccccc2)c2cc(Cl)ccc2C1=O. The lowest BCUT2D eigenvalue weighted by atomic mass is 9.94. The molecule has 0 N–H and O–H groups in total. The van der Waals surface area contributed by atoms with Crippen LogP contribution in [0.2, 0.25) is 5.02 Å². The summed E-state index contributed by atoms with van der Waals surface area (Å²) in [5.74, 6) is 0.0000442. The van der Waals surface area contributed by atoms with E-state index in [1.54, 1.807) is 12.1 Å². The van der Waals surface area contributed by atoms with Crippen LogP contribution in [0.1, 0.15) is 21.5 Å². The van der Waals surface area contributed by atoms with E-state index in [1.165, 1.54) is 0 Å². The van der Waals surface area contributed by atoms with Gasteiger partial charge < -0.3 is 4.90 Å². The van der Waals surface area contributed by atoms with Crippen molar-refractivity contribution in [2.75, 3.05) is 20.6 Å². The predicted molar refractivity (Wildman–Crippen MR) is 94.5 cm³/mol. The third-order valence-corrected chi connectivity index (χ3v) is 3.88. The Hall–Kier alpha value is -2.39. The lowest BCUT2D eigenvalue weighted by Gasteiger charge is -2.10. The molecule has 3 nitrogen and oxygen atoms in total. The molecule has 1 aliphatic heterocycles. The van der Waals surface area contributed by atoms with Crippen LogP contribution in [0.15, 0.2) is 65.3 Å². The van der Waals surface area contributed by atoms with Crippen LogP contribution in [-0.4, -0.2) is 37.0 Å². The van der Waals surface area contributed by atoms with Crippen molar-refractivity contribution in [3.8, 4) is 0 Å². The fourth-order valence-electron chi connectivity index (χ4n) is 2.66. The highest BCUT2D eigenvalue weighted by molar-refractivity contribution is 6.32. The van der Waals surface area contributed by atoms with Crippen molar-refractivity contribution in [1.29, 1.82) is 0 Å². The number of ketones is 1. The van der Waals surface area contributed by atoms with E-state index in [-0.39, 0.29) is 5.78 Å². The summed E-state index contributed by atoms with van der Waals surface area (Å²) in [7, 11) is 3.80. The topological polar surface area (TPSA) is 32.7 Å². The maximum absolute atomic E-state index is 12.8. The van der Waals surface area contributed by atoms with Gasteiger partial charge in [-0.3, -0.25) is 9.79 Å². The number of hydrogen-bond acceptors (Lipinski definition) is 3. The van der Waals surface area contributed by atoms with Crippen molar-refractivity contribution in [2.45, 2.75) is 0 Å². The minimum absolute atomic E-state index is 0.0000442. The summed E-state index contributed by atoms with van der Waals surface area (Å²) in [5.41, 5.74) is 3.89. The summed E-state index contributed by atoms with van der Waals surface area (Å²) in [6.07, 6.45) is 1.83. The Labute approximate surface area is 140 Å². The number of carbonyl (C=O) groups excluding carboxylic acids is 1. The van der Waals surface area contributed by atoms with E-state index in [0.717, 1.165) is 16.8 Å². The van der Waals surface area contributed by atoms with Gasteiger partial charge in [0.15, 0.2) is 5.78 Å². The Morgan fingerprint density at radius 1 is 1.09 bits per heavy atom. The summed E-state index contributed by atoms with van der Waals surface area (Å²) in [6.45, 7) is 0.355. The second-order valence-electron chi connectivity index (χ2n) is 5.67. The molecule has 0 radical (unpaired) electrons. The molecule has 23 heavy (non-hydrogen) atoms. The van der Waals surface area contributed by atoms with Gasteiger partial charge in [0.2, 0.25) is 0 Å². The zero-order valence-electron chi connectivity index (χ0n) is 13.1. The summed E-state index contributed by atoms with van der Waals surface area (Å²) in [6, 6.07) is 15.2. The van der Waals surface area contributed by atoms with E-state index < -0.39 is 0 Å². The standard InChI is InChI=1S/C19H17ClN2O/c1-22(2)12-14-11-21-18(13-6-4-3-5-7-13)17-10-15(20)8-9-16(17)19(14)23/h3-10,12H,11H2,1-2H3/b14-12+. The number of Topliss-reactive ketones (excluding diaryl/α,β-unsaturated/α-hetero) is 1. The molecule has 116 valence electrons. The number of nitrogens with zero attached hydrogens (tertiary/aromatic N) is 2. The molecular formula is C19H17ClN2O. The molecule has 0 atom stereocenters. The third-order valence-electron chi connectivity index (χ3n) is 3.64. The van der Waals surface area contributed by atoms with E-state index in [0.29, 0.717) is 22.7 Å². The van der Waals surface area contributed by atoms with Gasteiger partial charge in [0, 0.05) is 47.6 Å². The smallest absolute Gasteiger partial charge is 0.193 e. The van der Waals surface area contributed by atoms with Crippen molar-refractivity contribution in [1.82, 2.24) is 4.90 Å². The van der Waals surface area contributed by atoms with Gasteiger partial charge in [-0.1, -0.05) is 41.9 Å². The van der Waals surface area contributed by atoms with Crippen molar-refractivity contribution < 1.29 is 4.79 Å². The molecule has 2 aromatic carbocycles. The van der Waals surface area contributed by atoms with Gasteiger partial charge in [0.1, 0.15) is 0 Å². The molecule has 0 saturated carbocycles. The zero-order valence-corrected chi connectivity index (χ0v) is 13.8. The Morgan fingerprint density at radius 3 is 2.52 bits per heavy atom. The molecule has 0 unspecified atom stereocenters. The van der Waals surface area contributed by atoms with Crippen LogP contribution in [0.5, 0.6) is 0 Å². The number of carbonyl (C=O) groups is 1. The fraction of sp³-hybridized carbons (Fsp3) is 0.158. The Kier molecular flexibility index (Phi) is 4.30. The molecular weight excluding hydrogens is 308 g/mol. The average molecular weight is 325 g/mol. The molecule has 0 spiro atoms. The quantitative estimate of drug-likeness (QED) is 0.787. The lowest BCUT2D eigenvalue weighted by molar-refractivity contribution is 0.103. The van der Waals surface area contributed by atoms with Crippen molar-refractivity contribution >= 4 is 23.1 Å². The van der Waals surface area contributed by atoms with E-state index in [4.69, 9.17) is 16.6 Å². The molecule has 0 saturated heterocycles. The summed E-state index contributed by atoms with van der Waals surface area (Å²) >= 11 is 6.16. The number of benzene rings is 2. The monoisotopic (exact) mass is 324 g/mol. The molecule has 1 heterocycles. The first-order chi connectivity index (χ1) is 11.1. The summed E-state index contributed by atoms with van der Waals surface area (Å²) < 4.78 is 0. The van der Waals surface area contributed by atoms with E-state index in [1.807, 2.05) is 61.6 Å². The minimum Gasteiger partial charge on any atom is -0.383 e. The van der Waals surface area contributed by atoms with Gasteiger partial charge in [-0.25, -0.2) is 0 Å². The van der Waals surface area contributed by atoms with Crippen LogP contribution < -0.4 is 0 Å². The molecule has 0 aromatic heterocycles. The van der Waals surface area contributed by atoms with E-state index >= 15 is 0 Å². The zero-order chi connectivity index (χ0) is 16.4. The highest BCUT2D eigenvalue weighted by Gasteiger charge is 2.23. The van der Waals surface area contributed by atoms with Crippen LogP contribution in [0.4, 0.5) is 0 Å². The first-order valence-corrected chi connectivity index (χ1v) is 7.75. The van der Waals surface area contributed by atoms with Gasteiger partial charge >= 0.3 is 0 Å². The molecule has 0 fully saturated rings. The van der Waals surface area contributed by atoms with Crippen molar-refractivity contribution in [3.05, 3.63) is 82.0 Å². The minimum atomic E-state index is 0.0000442. The van der Waals surface area contributed by atoms with Crippen LogP contribution in [0, 0.1) is 0 Å². The molecule has 3 rings (SSSR count). The van der Waals surface area contributed by atoms with E-state index in [2.05, 4.69) is 0 Å². The number of halogens is 1. The van der Waals surface area contributed by atoms with E-state index in [9.17, 15) is 4.79 Å². The number of aliphatic imine (C=N–C) groups is 1. The largest absolute Gasteiger partial charge is 0.383 e. The molecule has 2 aromatic rings. The number of rotatable bonds is 2. The second kappa shape index (κ2) is 6.39. The van der Waals surface area contributed by atoms with Gasteiger partial charge in [0.05, 0.1) is 12.3 Å². The summed E-state index contributed by atoms with van der Waals surface area (Å²) in [4.78, 5) is 19.4. The third kappa shape index (κ3) is 3.20. The highest BCUT2D eigenvalue weighted by atomic mass is 35.5. The second-order valence-corrected chi connectivity index (χ2v) is 6.10. The fourth-order valence-corrected chi connectivity index (χ4v) is 2.83. The molecule has 0 aliphatic carbocycles. The van der Waals surface area contributed by atoms with Crippen LogP contribution in [-0.2, 0) is 0 Å². The average Bonchev–Trinajstić information content (AvgIpc) is 2.66. The van der Waals surface area contributed by atoms with Crippen LogP contribution >= 0.6 is 11.6 Å². The first-order valence-electron chi connectivity index (χ1n) is 7.38. The molecule has 0 amide bonds. The van der Waals surface area contributed by atoms with Gasteiger partial charge in [-0.05, 0) is 18.2 Å². The van der Waals surface area contributed by atoms with Gasteiger partial charge in [-0.2, -0.15) is 0 Å². The van der Waals surface area contributed by atoms with Crippen molar-refractivity contribution in [2.24, 2.45) is 4.99 Å². The summed E-state index contributed by atoms with van der Waals surface area (Å²) in [5, 5.41) is 0.597. The van der Waals surface area contributed by atoms with Gasteiger partial charge in [-0.15, -0.1) is 0 Å². The molecule has 4 heteroatoms. The molecule has 0 bridgehead atoms. The molecule has 1 aliphatic rings. The van der Waals surface area contributed by atoms with Crippen LogP contribution in [0.25, 0.3) is 0 Å². The number of fused-ring (bicyclic) bond motifs is 1. The van der Waals surface area contributed by atoms with Crippen LogP contribution in [0.3, 0.4) is 0 Å².